The minimum atomic E-state index is -0.704. The van der Waals surface area contributed by atoms with Gasteiger partial charge >= 0.3 is 0 Å². The summed E-state index contributed by atoms with van der Waals surface area (Å²) < 4.78 is 0. The van der Waals surface area contributed by atoms with Crippen LogP contribution >= 0.6 is 11.6 Å². The zero-order valence-corrected chi connectivity index (χ0v) is 8.71. The number of phenols is 1. The summed E-state index contributed by atoms with van der Waals surface area (Å²) in [6.45, 7) is 0. The molecule has 0 aliphatic heterocycles. The van der Waals surface area contributed by atoms with E-state index in [-0.39, 0.29) is 16.7 Å². The fraction of sp³-hybridized carbons (Fsp3) is 0.300. The summed E-state index contributed by atoms with van der Waals surface area (Å²) in [4.78, 5) is 11.6. The maximum absolute atomic E-state index is 11.6. The first-order valence-corrected chi connectivity index (χ1v) is 4.98. The number of anilines is 1. The molecule has 1 saturated carbocycles. The molecule has 1 fully saturated rings. The summed E-state index contributed by atoms with van der Waals surface area (Å²) >= 11 is 5.69. The summed E-state index contributed by atoms with van der Waals surface area (Å²) in [6.07, 6.45) is 1.43. The highest BCUT2D eigenvalue weighted by atomic mass is 35.5. The van der Waals surface area contributed by atoms with Gasteiger partial charge in [0.05, 0.1) is 10.6 Å². The Morgan fingerprint density at radius 1 is 1.53 bits per heavy atom. The fourth-order valence-corrected chi connectivity index (χ4v) is 1.38. The number of rotatable bonds is 2. The zero-order chi connectivity index (χ0) is 11.1. The second-order valence-electron chi connectivity index (χ2n) is 3.78. The fourth-order valence-electron chi connectivity index (χ4n) is 1.20. The summed E-state index contributed by atoms with van der Waals surface area (Å²) in [5.74, 6) is -0.215. The lowest BCUT2D eigenvalue weighted by molar-refractivity contribution is -0.118. The van der Waals surface area contributed by atoms with Crippen molar-refractivity contribution in [1.82, 2.24) is 0 Å². The summed E-state index contributed by atoms with van der Waals surface area (Å²) in [5, 5.41) is 12.0. The average molecular weight is 227 g/mol. The summed E-state index contributed by atoms with van der Waals surface area (Å²) in [7, 11) is 0. The monoisotopic (exact) mass is 226 g/mol. The number of nitrogens with two attached hydrogens (primary N) is 1. The molecule has 0 unspecified atom stereocenters. The third-order valence-electron chi connectivity index (χ3n) is 2.45. The minimum absolute atomic E-state index is 0.0106. The van der Waals surface area contributed by atoms with Gasteiger partial charge in [-0.1, -0.05) is 11.6 Å². The zero-order valence-electron chi connectivity index (χ0n) is 7.96. The van der Waals surface area contributed by atoms with Crippen molar-refractivity contribution >= 4 is 23.2 Å². The number of hydrogen-bond donors (Lipinski definition) is 3. The predicted molar refractivity (Wildman–Crippen MR) is 57.9 cm³/mol. The molecule has 1 aromatic rings. The highest BCUT2D eigenvalue weighted by Crippen LogP contribution is 2.34. The first kappa shape index (κ1) is 10.3. The molecule has 2 rings (SSSR count). The summed E-state index contributed by atoms with van der Waals surface area (Å²) in [5.41, 5.74) is 5.55. The molecule has 0 saturated heterocycles. The molecule has 0 heterocycles. The standard InChI is InChI=1S/C10H11ClN2O2/c11-7-5-6(1-2-8(7)14)13-9(15)10(12)3-4-10/h1-2,5,14H,3-4,12H2,(H,13,15). The van der Waals surface area contributed by atoms with Crippen LogP contribution in [0, 0.1) is 0 Å². The van der Waals surface area contributed by atoms with Crippen LogP contribution in [0.1, 0.15) is 12.8 Å². The van der Waals surface area contributed by atoms with E-state index < -0.39 is 5.54 Å². The highest BCUT2D eigenvalue weighted by Gasteiger charge is 2.45. The summed E-state index contributed by atoms with van der Waals surface area (Å²) in [6, 6.07) is 4.49. The molecular weight excluding hydrogens is 216 g/mol. The second-order valence-corrected chi connectivity index (χ2v) is 4.18. The van der Waals surface area contributed by atoms with E-state index in [4.69, 9.17) is 17.3 Å². The number of phenolic OH excluding ortho intramolecular Hbond substituents is 1. The van der Waals surface area contributed by atoms with E-state index in [0.717, 1.165) is 0 Å². The van der Waals surface area contributed by atoms with Crippen molar-refractivity contribution in [2.75, 3.05) is 5.32 Å². The van der Waals surface area contributed by atoms with Crippen molar-refractivity contribution in [2.24, 2.45) is 5.73 Å². The minimum Gasteiger partial charge on any atom is -0.506 e. The van der Waals surface area contributed by atoms with Crippen LogP contribution in [-0.4, -0.2) is 16.6 Å². The van der Waals surface area contributed by atoms with Crippen LogP contribution in [-0.2, 0) is 4.79 Å². The van der Waals surface area contributed by atoms with Gasteiger partial charge in [0.1, 0.15) is 5.75 Å². The third-order valence-corrected chi connectivity index (χ3v) is 2.75. The smallest absolute Gasteiger partial charge is 0.244 e. The number of halogens is 1. The SMILES string of the molecule is NC1(C(=O)Nc2ccc(O)c(Cl)c2)CC1. The molecule has 15 heavy (non-hydrogen) atoms. The first-order valence-electron chi connectivity index (χ1n) is 4.60. The topological polar surface area (TPSA) is 75.4 Å². The Labute approximate surface area is 92.0 Å². The van der Waals surface area contributed by atoms with Gasteiger partial charge in [0, 0.05) is 5.69 Å². The van der Waals surface area contributed by atoms with Gasteiger partial charge in [-0.3, -0.25) is 4.79 Å². The Bertz CT molecular complexity index is 416. The number of aromatic hydroxyl groups is 1. The highest BCUT2D eigenvalue weighted by molar-refractivity contribution is 6.32. The Hall–Kier alpha value is -1.26. The van der Waals surface area contributed by atoms with E-state index >= 15 is 0 Å². The normalized spacial score (nSPS) is 17.2. The van der Waals surface area contributed by atoms with Crippen LogP contribution in [0.2, 0.25) is 5.02 Å². The molecule has 0 radical (unpaired) electrons. The van der Waals surface area contributed by atoms with E-state index in [2.05, 4.69) is 5.32 Å². The Morgan fingerprint density at radius 2 is 2.20 bits per heavy atom. The molecule has 1 aliphatic carbocycles. The maximum Gasteiger partial charge on any atom is 0.244 e. The van der Waals surface area contributed by atoms with E-state index in [1.807, 2.05) is 0 Å². The van der Waals surface area contributed by atoms with Gasteiger partial charge < -0.3 is 16.2 Å². The van der Waals surface area contributed by atoms with Gasteiger partial charge in [0.2, 0.25) is 5.91 Å². The van der Waals surface area contributed by atoms with E-state index in [1.54, 1.807) is 6.07 Å². The first-order chi connectivity index (χ1) is 7.01. The molecule has 80 valence electrons. The molecule has 4 nitrogen and oxygen atoms in total. The average Bonchev–Trinajstić information content (AvgIpc) is 2.92. The van der Waals surface area contributed by atoms with Crippen molar-refractivity contribution < 1.29 is 9.90 Å². The van der Waals surface area contributed by atoms with Crippen LogP contribution in [0.25, 0.3) is 0 Å². The van der Waals surface area contributed by atoms with Crippen LogP contribution in [0.4, 0.5) is 5.69 Å². The molecule has 1 aromatic carbocycles. The van der Waals surface area contributed by atoms with Gasteiger partial charge in [0.25, 0.3) is 0 Å². The number of amides is 1. The number of carbonyl (C=O) groups excluding carboxylic acids is 1. The molecule has 0 bridgehead atoms. The molecule has 1 amide bonds. The second kappa shape index (κ2) is 3.40. The molecule has 4 N–H and O–H groups in total. The Morgan fingerprint density at radius 3 is 2.73 bits per heavy atom. The predicted octanol–water partition coefficient (Wildman–Crippen LogP) is 1.48. The quantitative estimate of drug-likeness (QED) is 0.669. The van der Waals surface area contributed by atoms with Crippen LogP contribution < -0.4 is 11.1 Å². The van der Waals surface area contributed by atoms with Gasteiger partial charge in [-0.25, -0.2) is 0 Å². The van der Waals surface area contributed by atoms with E-state index in [0.29, 0.717) is 18.5 Å². The Kier molecular flexibility index (Phi) is 2.32. The molecule has 0 atom stereocenters. The van der Waals surface area contributed by atoms with Crippen molar-refractivity contribution in [3.63, 3.8) is 0 Å². The maximum atomic E-state index is 11.6. The lowest BCUT2D eigenvalue weighted by Crippen LogP contribution is -2.37. The molecule has 0 spiro atoms. The van der Waals surface area contributed by atoms with Crippen molar-refractivity contribution in [2.45, 2.75) is 18.4 Å². The lowest BCUT2D eigenvalue weighted by atomic mass is 10.2. The van der Waals surface area contributed by atoms with Crippen LogP contribution in [0.15, 0.2) is 18.2 Å². The van der Waals surface area contributed by atoms with Crippen molar-refractivity contribution in [1.29, 1.82) is 0 Å². The number of carbonyl (C=O) groups is 1. The van der Waals surface area contributed by atoms with Crippen molar-refractivity contribution in [3.05, 3.63) is 23.2 Å². The van der Waals surface area contributed by atoms with Crippen LogP contribution in [0.5, 0.6) is 5.75 Å². The Balaban J connectivity index is 2.11. The van der Waals surface area contributed by atoms with Gasteiger partial charge in [-0.15, -0.1) is 0 Å². The number of nitrogens with one attached hydrogen (secondary N) is 1. The van der Waals surface area contributed by atoms with Crippen molar-refractivity contribution in [3.8, 4) is 5.75 Å². The molecule has 5 heteroatoms. The molecule has 0 aromatic heterocycles. The van der Waals surface area contributed by atoms with Gasteiger partial charge in [-0.2, -0.15) is 0 Å². The van der Waals surface area contributed by atoms with E-state index in [9.17, 15) is 9.90 Å². The largest absolute Gasteiger partial charge is 0.506 e. The lowest BCUT2D eigenvalue weighted by Gasteiger charge is -2.10. The molecule has 1 aliphatic rings. The van der Waals surface area contributed by atoms with E-state index in [1.165, 1.54) is 12.1 Å². The number of hydrogen-bond acceptors (Lipinski definition) is 3. The van der Waals surface area contributed by atoms with Gasteiger partial charge in [-0.05, 0) is 31.0 Å². The number of benzene rings is 1. The molecular formula is C10H11ClN2O2. The van der Waals surface area contributed by atoms with Gasteiger partial charge in [0.15, 0.2) is 0 Å². The third kappa shape index (κ3) is 2.06. The van der Waals surface area contributed by atoms with Crippen LogP contribution in [0.3, 0.4) is 0 Å².